The number of hydrogen-bond donors (Lipinski definition) is 0. The lowest BCUT2D eigenvalue weighted by molar-refractivity contribution is -0.137. The van der Waals surface area contributed by atoms with E-state index in [-0.39, 0.29) is 29.0 Å². The topological polar surface area (TPSA) is 60.4 Å². The van der Waals surface area contributed by atoms with Gasteiger partial charge in [0.1, 0.15) is 6.29 Å². The number of ketones is 1. The van der Waals surface area contributed by atoms with E-state index in [1.807, 2.05) is 13.0 Å². The van der Waals surface area contributed by atoms with Crippen molar-refractivity contribution in [3.8, 4) is 0 Å². The molecular weight excluding hydrogens is 436 g/mol. The Labute approximate surface area is 212 Å². The number of allylic oxidation sites excluding steroid dienone is 7. The van der Waals surface area contributed by atoms with E-state index in [1.165, 1.54) is 25.3 Å². The van der Waals surface area contributed by atoms with Gasteiger partial charge in [-0.1, -0.05) is 76.3 Å². The van der Waals surface area contributed by atoms with Crippen molar-refractivity contribution in [3.63, 3.8) is 0 Å². The lowest BCUT2D eigenvalue weighted by Gasteiger charge is -2.40. The molecule has 6 atom stereocenters. The molecule has 1 fully saturated rings. The molecule has 0 bridgehead atoms. The normalized spacial score (nSPS) is 33.0. The molecule has 192 valence electrons. The summed E-state index contributed by atoms with van der Waals surface area (Å²) >= 11 is 0. The predicted molar refractivity (Wildman–Crippen MR) is 141 cm³/mol. The number of fused-ring (bicyclic) bond motifs is 2. The zero-order chi connectivity index (χ0) is 25.4. The van der Waals surface area contributed by atoms with Gasteiger partial charge < -0.3 is 4.74 Å². The lowest BCUT2D eigenvalue weighted by atomic mass is 9.63. The van der Waals surface area contributed by atoms with Crippen LogP contribution in [0.3, 0.4) is 0 Å². The Morgan fingerprint density at radius 3 is 2.74 bits per heavy atom. The summed E-state index contributed by atoms with van der Waals surface area (Å²) in [5, 5.41) is 0. The Balaban J connectivity index is 1.58. The summed E-state index contributed by atoms with van der Waals surface area (Å²) in [6.45, 7) is 9.37. The van der Waals surface area contributed by atoms with Crippen molar-refractivity contribution in [2.45, 2.75) is 85.5 Å². The molecule has 3 aliphatic carbocycles. The third-order valence-corrected chi connectivity index (χ3v) is 8.84. The molecule has 0 aromatic rings. The fraction of sp³-hybridized carbons (Fsp3) is 0.645. The molecule has 0 heterocycles. The van der Waals surface area contributed by atoms with Gasteiger partial charge in [-0.3, -0.25) is 9.59 Å². The smallest absolute Gasteiger partial charge is 0.330 e. The van der Waals surface area contributed by atoms with E-state index >= 15 is 0 Å². The minimum absolute atomic E-state index is 0.0977. The van der Waals surface area contributed by atoms with E-state index in [1.54, 1.807) is 12.2 Å². The summed E-state index contributed by atoms with van der Waals surface area (Å²) in [5.74, 6) is 1.05. The molecule has 4 heteroatoms. The van der Waals surface area contributed by atoms with Crippen molar-refractivity contribution in [2.24, 2.45) is 35.0 Å². The highest BCUT2D eigenvalue weighted by atomic mass is 16.5. The molecule has 0 saturated heterocycles. The molecule has 0 amide bonds. The van der Waals surface area contributed by atoms with Gasteiger partial charge in [0.25, 0.3) is 0 Å². The van der Waals surface area contributed by atoms with E-state index < -0.39 is 0 Å². The van der Waals surface area contributed by atoms with E-state index in [0.29, 0.717) is 29.9 Å². The van der Waals surface area contributed by atoms with Gasteiger partial charge in [0.05, 0.1) is 12.5 Å². The van der Waals surface area contributed by atoms with E-state index in [2.05, 4.69) is 32.9 Å². The van der Waals surface area contributed by atoms with Crippen LogP contribution in [0.15, 0.2) is 47.6 Å². The fourth-order valence-electron chi connectivity index (χ4n) is 6.76. The van der Waals surface area contributed by atoms with Crippen molar-refractivity contribution < 1.29 is 19.1 Å². The zero-order valence-electron chi connectivity index (χ0n) is 22.1. The summed E-state index contributed by atoms with van der Waals surface area (Å²) < 4.78 is 5.29. The molecule has 0 aliphatic heterocycles. The zero-order valence-corrected chi connectivity index (χ0v) is 22.1. The highest BCUT2D eigenvalue weighted by Gasteiger charge is 2.50. The van der Waals surface area contributed by atoms with Crippen LogP contribution in [0, 0.1) is 35.0 Å². The van der Waals surface area contributed by atoms with Gasteiger partial charge in [-0.2, -0.15) is 0 Å². The summed E-state index contributed by atoms with van der Waals surface area (Å²) in [6, 6.07) is 0. The number of hydrogen-bond acceptors (Lipinski definition) is 4. The highest BCUT2D eigenvalue weighted by molar-refractivity contribution is 6.01. The van der Waals surface area contributed by atoms with Crippen molar-refractivity contribution in [1.29, 1.82) is 0 Å². The number of aldehydes is 1. The Morgan fingerprint density at radius 2 is 2.00 bits per heavy atom. The Morgan fingerprint density at radius 1 is 1.23 bits per heavy atom. The van der Waals surface area contributed by atoms with Crippen LogP contribution >= 0.6 is 0 Å². The summed E-state index contributed by atoms with van der Waals surface area (Å²) in [7, 11) is 0. The molecule has 0 unspecified atom stereocenters. The maximum Gasteiger partial charge on any atom is 0.330 e. The quantitative estimate of drug-likeness (QED) is 0.105. The average molecular weight is 481 g/mol. The van der Waals surface area contributed by atoms with Crippen LogP contribution in [0.4, 0.5) is 0 Å². The molecule has 0 aromatic heterocycles. The number of ether oxygens (including phenoxy) is 1. The van der Waals surface area contributed by atoms with E-state index in [9.17, 15) is 14.4 Å². The first kappa shape index (κ1) is 27.4. The van der Waals surface area contributed by atoms with Crippen molar-refractivity contribution >= 4 is 18.0 Å². The number of unbranched alkanes of at least 4 members (excludes halogenated alkanes) is 4. The first-order valence-electron chi connectivity index (χ1n) is 13.7. The average Bonchev–Trinajstić information content (AvgIpc) is 3.28. The minimum atomic E-state index is -0.276. The van der Waals surface area contributed by atoms with Gasteiger partial charge in [-0.25, -0.2) is 4.79 Å². The standard InChI is InChI=1S/C31H44O4/c1-5-6-7-8-11-18-35-29(34)13-10-9-12-22(2)25-16-17-31(4)20-26-23(3)19-28(33)30(26)24(21-32)14-15-27(25)31/h9-10,12-14,19,21-22,25-27,30H,5-8,11,15-18,20H2,1-4H3/b12-9-,13-10-,24-14-/t22-,25+,26+,27-,30-,31+/m0/s1. The third kappa shape index (κ3) is 6.71. The number of carbonyl (C=O) groups excluding carboxylic acids is 3. The van der Waals surface area contributed by atoms with Crippen molar-refractivity contribution in [3.05, 3.63) is 47.6 Å². The van der Waals surface area contributed by atoms with Gasteiger partial charge in [0.15, 0.2) is 5.78 Å². The third-order valence-electron chi connectivity index (χ3n) is 8.84. The summed E-state index contributed by atoms with van der Waals surface area (Å²) in [4.78, 5) is 36.4. The fourth-order valence-corrected chi connectivity index (χ4v) is 6.76. The molecule has 35 heavy (non-hydrogen) atoms. The molecule has 0 spiro atoms. The number of rotatable bonds is 11. The van der Waals surface area contributed by atoms with Gasteiger partial charge in [-0.15, -0.1) is 0 Å². The minimum Gasteiger partial charge on any atom is -0.463 e. The molecular formula is C31H44O4. The van der Waals surface area contributed by atoms with Crippen LogP contribution in [0.25, 0.3) is 0 Å². The number of esters is 1. The van der Waals surface area contributed by atoms with E-state index in [4.69, 9.17) is 4.74 Å². The van der Waals surface area contributed by atoms with Gasteiger partial charge in [0, 0.05) is 6.08 Å². The number of carbonyl (C=O) groups is 3. The second-order valence-electron chi connectivity index (χ2n) is 11.3. The Bertz CT molecular complexity index is 892. The molecule has 0 radical (unpaired) electrons. The first-order chi connectivity index (χ1) is 16.8. The monoisotopic (exact) mass is 480 g/mol. The van der Waals surface area contributed by atoms with Crippen molar-refractivity contribution in [2.75, 3.05) is 6.61 Å². The highest BCUT2D eigenvalue weighted by Crippen LogP contribution is 2.58. The molecule has 0 aromatic carbocycles. The largest absolute Gasteiger partial charge is 0.463 e. The maximum absolute atomic E-state index is 12.6. The van der Waals surface area contributed by atoms with E-state index in [0.717, 1.165) is 50.4 Å². The summed E-state index contributed by atoms with van der Waals surface area (Å²) in [6.07, 6.45) is 22.0. The maximum atomic E-state index is 12.6. The molecule has 4 nitrogen and oxygen atoms in total. The Kier molecular flexibility index (Phi) is 9.89. The van der Waals surface area contributed by atoms with Crippen LogP contribution in [-0.4, -0.2) is 24.6 Å². The second kappa shape index (κ2) is 12.6. The van der Waals surface area contributed by atoms with Crippen LogP contribution in [0.2, 0.25) is 0 Å². The molecule has 0 N–H and O–H groups in total. The van der Waals surface area contributed by atoms with Crippen molar-refractivity contribution in [1.82, 2.24) is 0 Å². The molecule has 3 rings (SSSR count). The SMILES string of the molecule is CCCCCCCOC(=O)/C=C\C=C/[C@H](C)[C@H]1CC[C@]2(C)C[C@@H]3C(C)=CC(=O)[C@H]3/C(C=O)=C\C[C@@H]12. The predicted octanol–water partition coefficient (Wildman–Crippen LogP) is 6.96. The van der Waals surface area contributed by atoms with Gasteiger partial charge >= 0.3 is 5.97 Å². The Hall–Kier alpha value is -2.23. The van der Waals surface area contributed by atoms with Crippen LogP contribution < -0.4 is 0 Å². The lowest BCUT2D eigenvalue weighted by Crippen LogP contribution is -2.34. The molecule has 1 saturated carbocycles. The second-order valence-corrected chi connectivity index (χ2v) is 11.3. The van der Waals surface area contributed by atoms with Gasteiger partial charge in [0.2, 0.25) is 0 Å². The van der Waals surface area contributed by atoms with Crippen LogP contribution in [0.5, 0.6) is 0 Å². The van der Waals surface area contributed by atoms with Gasteiger partial charge in [-0.05, 0) is 79.8 Å². The van der Waals surface area contributed by atoms with Crippen LogP contribution in [-0.2, 0) is 19.1 Å². The summed E-state index contributed by atoms with van der Waals surface area (Å²) in [5.41, 5.74) is 1.97. The first-order valence-corrected chi connectivity index (χ1v) is 13.7. The van der Waals surface area contributed by atoms with Crippen LogP contribution in [0.1, 0.15) is 85.5 Å². The molecule has 3 aliphatic rings.